The fraction of sp³-hybridized carbons (Fsp3) is 0.389. The Morgan fingerprint density at radius 2 is 1.96 bits per heavy atom. The standard InChI is InChI=1S/C18H21N5S/c1-3-7-14(8-4-1)18-20-15(13-24-18)11-19-12-17-22-21-16-9-5-2-6-10-23(16)17/h1,3-4,7-8,13,19H,2,5-6,9-12H2. The molecule has 3 aromatic rings. The van der Waals surface area contributed by atoms with Crippen molar-refractivity contribution in [1.29, 1.82) is 0 Å². The molecule has 1 aliphatic rings. The minimum atomic E-state index is 0.741. The summed E-state index contributed by atoms with van der Waals surface area (Å²) in [6.45, 7) is 2.55. The first kappa shape index (κ1) is 15.5. The van der Waals surface area contributed by atoms with Gasteiger partial charge >= 0.3 is 0 Å². The highest BCUT2D eigenvalue weighted by atomic mass is 32.1. The molecule has 5 nitrogen and oxygen atoms in total. The zero-order chi connectivity index (χ0) is 16.2. The van der Waals surface area contributed by atoms with E-state index in [-0.39, 0.29) is 0 Å². The number of hydrogen-bond donors (Lipinski definition) is 1. The number of benzene rings is 1. The summed E-state index contributed by atoms with van der Waals surface area (Å²) < 4.78 is 2.29. The molecule has 0 fully saturated rings. The number of fused-ring (bicyclic) bond motifs is 1. The van der Waals surface area contributed by atoms with E-state index in [9.17, 15) is 0 Å². The molecule has 0 amide bonds. The van der Waals surface area contributed by atoms with Crippen LogP contribution in [0.4, 0.5) is 0 Å². The average molecular weight is 339 g/mol. The van der Waals surface area contributed by atoms with Crippen LogP contribution in [-0.2, 0) is 26.1 Å². The molecule has 4 rings (SSSR count). The van der Waals surface area contributed by atoms with E-state index in [1.807, 2.05) is 18.2 Å². The van der Waals surface area contributed by atoms with Crippen molar-refractivity contribution in [3.63, 3.8) is 0 Å². The number of aromatic nitrogens is 4. The van der Waals surface area contributed by atoms with Crippen molar-refractivity contribution in [1.82, 2.24) is 25.1 Å². The maximum atomic E-state index is 4.72. The number of rotatable bonds is 5. The van der Waals surface area contributed by atoms with Gasteiger partial charge in [0.05, 0.1) is 12.2 Å². The molecule has 0 spiro atoms. The summed E-state index contributed by atoms with van der Waals surface area (Å²) in [5.74, 6) is 2.19. The van der Waals surface area contributed by atoms with Crippen molar-refractivity contribution < 1.29 is 0 Å². The molecule has 2 aromatic heterocycles. The largest absolute Gasteiger partial charge is 0.314 e. The van der Waals surface area contributed by atoms with Crippen LogP contribution >= 0.6 is 11.3 Å². The molecule has 1 aliphatic heterocycles. The molecule has 1 aromatic carbocycles. The van der Waals surface area contributed by atoms with Crippen LogP contribution in [0, 0.1) is 0 Å². The molecule has 3 heterocycles. The summed E-state index contributed by atoms with van der Waals surface area (Å²) in [5, 5.41) is 15.4. The Kier molecular flexibility index (Phi) is 4.66. The third-order valence-electron chi connectivity index (χ3n) is 4.35. The molecule has 124 valence electrons. The van der Waals surface area contributed by atoms with Crippen molar-refractivity contribution >= 4 is 11.3 Å². The lowest BCUT2D eigenvalue weighted by Crippen LogP contribution is -2.17. The van der Waals surface area contributed by atoms with Gasteiger partial charge in [-0.25, -0.2) is 4.98 Å². The van der Waals surface area contributed by atoms with Gasteiger partial charge in [-0.2, -0.15) is 0 Å². The molecule has 0 saturated heterocycles. The van der Waals surface area contributed by atoms with Crippen LogP contribution in [0.2, 0.25) is 0 Å². The van der Waals surface area contributed by atoms with Crippen molar-refractivity contribution in [2.45, 2.75) is 45.3 Å². The summed E-state index contributed by atoms with van der Waals surface area (Å²) in [6, 6.07) is 10.3. The summed E-state index contributed by atoms with van der Waals surface area (Å²) in [4.78, 5) is 4.72. The quantitative estimate of drug-likeness (QED) is 0.774. The van der Waals surface area contributed by atoms with Crippen LogP contribution < -0.4 is 5.32 Å². The molecule has 0 saturated carbocycles. The van der Waals surface area contributed by atoms with Crippen LogP contribution in [0.1, 0.15) is 36.6 Å². The summed E-state index contributed by atoms with van der Waals surface area (Å²) >= 11 is 1.69. The van der Waals surface area contributed by atoms with Crippen molar-refractivity contribution in [2.24, 2.45) is 0 Å². The highest BCUT2D eigenvalue weighted by Gasteiger charge is 2.14. The maximum absolute atomic E-state index is 4.72. The molecule has 0 unspecified atom stereocenters. The third-order valence-corrected chi connectivity index (χ3v) is 5.29. The van der Waals surface area contributed by atoms with E-state index < -0.39 is 0 Å². The zero-order valence-corrected chi connectivity index (χ0v) is 14.4. The summed E-state index contributed by atoms with van der Waals surface area (Å²) in [7, 11) is 0. The average Bonchev–Trinajstić information content (AvgIpc) is 3.17. The van der Waals surface area contributed by atoms with E-state index in [1.165, 1.54) is 24.8 Å². The van der Waals surface area contributed by atoms with Crippen LogP contribution in [-0.4, -0.2) is 19.7 Å². The Morgan fingerprint density at radius 1 is 1.04 bits per heavy atom. The normalized spacial score (nSPS) is 14.3. The number of thiazole rings is 1. The maximum Gasteiger partial charge on any atom is 0.147 e. The van der Waals surface area contributed by atoms with Crippen LogP contribution in [0.3, 0.4) is 0 Å². The lowest BCUT2D eigenvalue weighted by atomic mass is 10.2. The highest BCUT2D eigenvalue weighted by molar-refractivity contribution is 7.13. The lowest BCUT2D eigenvalue weighted by molar-refractivity contribution is 0.570. The molecule has 0 bridgehead atoms. The smallest absolute Gasteiger partial charge is 0.147 e. The number of nitrogens with one attached hydrogen (secondary N) is 1. The van der Waals surface area contributed by atoms with E-state index in [0.717, 1.165) is 48.4 Å². The van der Waals surface area contributed by atoms with E-state index >= 15 is 0 Å². The van der Waals surface area contributed by atoms with Gasteiger partial charge in [0.2, 0.25) is 0 Å². The summed E-state index contributed by atoms with van der Waals surface area (Å²) in [5.41, 5.74) is 2.26. The second-order valence-corrected chi connectivity index (χ2v) is 6.97. The molecule has 0 atom stereocenters. The van der Waals surface area contributed by atoms with E-state index in [2.05, 4.69) is 37.6 Å². The van der Waals surface area contributed by atoms with E-state index in [4.69, 9.17) is 4.98 Å². The Labute approximate surface area is 145 Å². The van der Waals surface area contributed by atoms with Gasteiger partial charge in [-0.3, -0.25) is 0 Å². The zero-order valence-electron chi connectivity index (χ0n) is 13.6. The van der Waals surface area contributed by atoms with Gasteiger partial charge in [0.1, 0.15) is 16.7 Å². The predicted molar refractivity (Wildman–Crippen MR) is 95.7 cm³/mol. The predicted octanol–water partition coefficient (Wildman–Crippen LogP) is 3.42. The monoisotopic (exact) mass is 339 g/mol. The van der Waals surface area contributed by atoms with Gasteiger partial charge in [0, 0.05) is 30.5 Å². The molecule has 1 N–H and O–H groups in total. The van der Waals surface area contributed by atoms with Crippen molar-refractivity contribution in [2.75, 3.05) is 0 Å². The Bertz CT molecular complexity index is 793. The van der Waals surface area contributed by atoms with E-state index in [0.29, 0.717) is 0 Å². The minimum Gasteiger partial charge on any atom is -0.314 e. The lowest BCUT2D eigenvalue weighted by Gasteiger charge is -2.07. The molecule has 24 heavy (non-hydrogen) atoms. The fourth-order valence-electron chi connectivity index (χ4n) is 3.08. The first-order valence-electron chi connectivity index (χ1n) is 8.51. The second-order valence-electron chi connectivity index (χ2n) is 6.11. The molecule has 0 aliphatic carbocycles. The topological polar surface area (TPSA) is 55.6 Å². The number of aryl methyl sites for hydroxylation is 1. The third kappa shape index (κ3) is 3.39. The molecule has 0 radical (unpaired) electrons. The Hall–Kier alpha value is -2.05. The van der Waals surface area contributed by atoms with Crippen LogP contribution in [0.15, 0.2) is 35.7 Å². The second kappa shape index (κ2) is 7.23. The Balaban J connectivity index is 1.37. The van der Waals surface area contributed by atoms with Crippen LogP contribution in [0.5, 0.6) is 0 Å². The van der Waals surface area contributed by atoms with Gasteiger partial charge in [0.15, 0.2) is 0 Å². The van der Waals surface area contributed by atoms with Gasteiger partial charge in [-0.05, 0) is 12.8 Å². The Morgan fingerprint density at radius 3 is 2.88 bits per heavy atom. The summed E-state index contributed by atoms with van der Waals surface area (Å²) in [6.07, 6.45) is 4.80. The van der Waals surface area contributed by atoms with Crippen LogP contribution in [0.25, 0.3) is 10.6 Å². The van der Waals surface area contributed by atoms with Gasteiger partial charge < -0.3 is 9.88 Å². The molecular weight excluding hydrogens is 318 g/mol. The van der Waals surface area contributed by atoms with Crippen molar-refractivity contribution in [3.05, 3.63) is 53.1 Å². The van der Waals surface area contributed by atoms with Gasteiger partial charge in [-0.15, -0.1) is 21.5 Å². The first-order chi connectivity index (χ1) is 11.9. The molecule has 6 heteroatoms. The fourth-order valence-corrected chi connectivity index (χ4v) is 3.91. The first-order valence-corrected chi connectivity index (χ1v) is 9.39. The highest BCUT2D eigenvalue weighted by Crippen LogP contribution is 2.23. The van der Waals surface area contributed by atoms with Gasteiger partial charge in [0.25, 0.3) is 0 Å². The van der Waals surface area contributed by atoms with Crippen molar-refractivity contribution in [3.8, 4) is 10.6 Å². The number of nitrogens with zero attached hydrogens (tertiary/aromatic N) is 4. The molecular formula is C18H21N5S. The SMILES string of the molecule is c1ccc(-c2nc(CNCc3nnc4n3CCCCC4)cs2)cc1. The van der Waals surface area contributed by atoms with E-state index in [1.54, 1.807) is 11.3 Å². The minimum absolute atomic E-state index is 0.741. The van der Waals surface area contributed by atoms with Gasteiger partial charge in [-0.1, -0.05) is 36.8 Å². The number of hydrogen-bond acceptors (Lipinski definition) is 5.